The predicted molar refractivity (Wildman–Crippen MR) is 62.6 cm³/mol. The van der Waals surface area contributed by atoms with Crippen molar-refractivity contribution in [3.8, 4) is 0 Å². The topological polar surface area (TPSA) is 46.5 Å². The van der Waals surface area contributed by atoms with Gasteiger partial charge < -0.3 is 9.84 Å². The van der Waals surface area contributed by atoms with Gasteiger partial charge in [-0.3, -0.25) is 0 Å². The Morgan fingerprint density at radius 2 is 1.69 bits per heavy atom. The van der Waals surface area contributed by atoms with Crippen LogP contribution in [0.25, 0.3) is 0 Å². The van der Waals surface area contributed by atoms with Crippen molar-refractivity contribution < 1.29 is 14.6 Å². The van der Waals surface area contributed by atoms with E-state index in [2.05, 4.69) is 0 Å². The number of carboxylic acids is 1. The molecule has 3 nitrogen and oxygen atoms in total. The van der Waals surface area contributed by atoms with E-state index in [0.717, 1.165) is 22.3 Å². The minimum atomic E-state index is -1.28. The average Bonchev–Trinajstić information content (AvgIpc) is 2.15. The molecule has 0 saturated heterocycles. The molecule has 0 spiro atoms. The van der Waals surface area contributed by atoms with Gasteiger partial charge in [0.15, 0.2) is 5.60 Å². The van der Waals surface area contributed by atoms with Crippen LogP contribution in [-0.2, 0) is 15.1 Å². The normalized spacial score (nSPS) is 14.6. The molecule has 1 unspecified atom stereocenters. The lowest BCUT2D eigenvalue weighted by Crippen LogP contribution is -2.36. The number of methoxy groups -OCH3 is 1. The molecule has 3 heteroatoms. The Bertz CT molecular complexity index is 400. The van der Waals surface area contributed by atoms with Gasteiger partial charge in [0.25, 0.3) is 0 Å². The third-order valence-corrected chi connectivity index (χ3v) is 2.97. The molecule has 0 aliphatic carbocycles. The number of carboxylic acid groups (broad SMARTS) is 1. The Hall–Kier alpha value is -1.35. The van der Waals surface area contributed by atoms with Crippen molar-refractivity contribution in [2.24, 2.45) is 0 Å². The van der Waals surface area contributed by atoms with Gasteiger partial charge in [0.05, 0.1) is 0 Å². The summed E-state index contributed by atoms with van der Waals surface area (Å²) in [6.45, 7) is 7.40. The first-order chi connectivity index (χ1) is 7.32. The van der Waals surface area contributed by atoms with Gasteiger partial charge in [-0.1, -0.05) is 17.7 Å². The van der Waals surface area contributed by atoms with E-state index in [1.54, 1.807) is 6.92 Å². The maximum Gasteiger partial charge on any atom is 0.340 e. The van der Waals surface area contributed by atoms with Gasteiger partial charge in [-0.15, -0.1) is 0 Å². The number of hydrogen-bond donors (Lipinski definition) is 1. The second-order valence-electron chi connectivity index (χ2n) is 4.32. The highest BCUT2D eigenvalue weighted by atomic mass is 16.5. The predicted octanol–water partition coefficient (Wildman–Crippen LogP) is 2.56. The molecule has 0 radical (unpaired) electrons. The number of carbonyl (C=O) groups is 1. The van der Waals surface area contributed by atoms with E-state index in [4.69, 9.17) is 4.74 Å². The highest BCUT2D eigenvalue weighted by molar-refractivity contribution is 5.80. The second kappa shape index (κ2) is 4.26. The smallest absolute Gasteiger partial charge is 0.340 e. The van der Waals surface area contributed by atoms with E-state index in [1.807, 2.05) is 32.9 Å². The first kappa shape index (κ1) is 12.7. The Kier molecular flexibility index (Phi) is 3.38. The number of aryl methyl sites for hydroxylation is 3. The molecule has 1 atom stereocenters. The summed E-state index contributed by atoms with van der Waals surface area (Å²) in [5, 5.41) is 9.28. The van der Waals surface area contributed by atoms with Crippen molar-refractivity contribution >= 4 is 5.97 Å². The van der Waals surface area contributed by atoms with Crippen molar-refractivity contribution in [3.63, 3.8) is 0 Å². The monoisotopic (exact) mass is 222 g/mol. The summed E-state index contributed by atoms with van der Waals surface area (Å²) in [6.07, 6.45) is 0. The molecular weight excluding hydrogens is 204 g/mol. The Balaban J connectivity index is 3.48. The van der Waals surface area contributed by atoms with Crippen molar-refractivity contribution in [1.29, 1.82) is 0 Å². The summed E-state index contributed by atoms with van der Waals surface area (Å²) in [5.74, 6) is -0.968. The van der Waals surface area contributed by atoms with Gasteiger partial charge in [-0.25, -0.2) is 4.79 Å². The molecular formula is C13H18O3. The fraction of sp³-hybridized carbons (Fsp3) is 0.462. The molecule has 0 bridgehead atoms. The molecule has 16 heavy (non-hydrogen) atoms. The fourth-order valence-corrected chi connectivity index (χ4v) is 2.23. The molecule has 1 N–H and O–H groups in total. The highest BCUT2D eigenvalue weighted by Gasteiger charge is 2.37. The molecule has 0 amide bonds. The third-order valence-electron chi connectivity index (χ3n) is 2.97. The van der Waals surface area contributed by atoms with Gasteiger partial charge in [-0.05, 0) is 38.8 Å². The van der Waals surface area contributed by atoms with E-state index in [0.29, 0.717) is 0 Å². The first-order valence-electron chi connectivity index (χ1n) is 5.19. The summed E-state index contributed by atoms with van der Waals surface area (Å²) in [6, 6.07) is 3.95. The van der Waals surface area contributed by atoms with Crippen LogP contribution < -0.4 is 0 Å². The molecule has 0 aliphatic heterocycles. The zero-order valence-electron chi connectivity index (χ0n) is 10.4. The second-order valence-corrected chi connectivity index (χ2v) is 4.32. The number of ether oxygens (including phenoxy) is 1. The van der Waals surface area contributed by atoms with Crippen LogP contribution in [0.15, 0.2) is 12.1 Å². The average molecular weight is 222 g/mol. The minimum absolute atomic E-state index is 0.744. The van der Waals surface area contributed by atoms with Crippen molar-refractivity contribution in [2.45, 2.75) is 33.3 Å². The number of rotatable bonds is 3. The molecule has 0 saturated carbocycles. The molecule has 1 rings (SSSR count). The van der Waals surface area contributed by atoms with Gasteiger partial charge in [-0.2, -0.15) is 0 Å². The lowest BCUT2D eigenvalue weighted by Gasteiger charge is -2.27. The number of benzene rings is 1. The van der Waals surface area contributed by atoms with E-state index in [-0.39, 0.29) is 0 Å². The standard InChI is InChI=1S/C13H18O3/c1-8-6-9(2)11(10(3)7-8)13(4,16-5)12(14)15/h6-7H,1-5H3,(H,14,15). The summed E-state index contributed by atoms with van der Waals surface area (Å²) in [7, 11) is 1.42. The largest absolute Gasteiger partial charge is 0.479 e. The zero-order chi connectivity index (χ0) is 12.5. The van der Waals surface area contributed by atoms with Crippen LogP contribution in [0, 0.1) is 20.8 Å². The number of aliphatic carboxylic acids is 1. The maximum absolute atomic E-state index is 11.3. The van der Waals surface area contributed by atoms with Crippen LogP contribution in [-0.4, -0.2) is 18.2 Å². The molecule has 0 aromatic heterocycles. The molecule has 1 aromatic rings. The molecule has 1 aromatic carbocycles. The van der Waals surface area contributed by atoms with Crippen LogP contribution in [0.1, 0.15) is 29.2 Å². The van der Waals surface area contributed by atoms with E-state index in [1.165, 1.54) is 7.11 Å². The molecule has 0 aliphatic rings. The van der Waals surface area contributed by atoms with Crippen LogP contribution >= 0.6 is 0 Å². The molecule has 88 valence electrons. The lowest BCUT2D eigenvalue weighted by molar-refractivity contribution is -0.161. The summed E-state index contributed by atoms with van der Waals surface area (Å²) < 4.78 is 5.19. The van der Waals surface area contributed by atoms with Crippen LogP contribution in [0.5, 0.6) is 0 Å². The fourth-order valence-electron chi connectivity index (χ4n) is 2.23. The maximum atomic E-state index is 11.3. The van der Waals surface area contributed by atoms with Crippen molar-refractivity contribution in [3.05, 3.63) is 34.4 Å². The van der Waals surface area contributed by atoms with E-state index < -0.39 is 11.6 Å². The van der Waals surface area contributed by atoms with Gasteiger partial charge in [0.1, 0.15) is 0 Å². The van der Waals surface area contributed by atoms with Gasteiger partial charge in [0, 0.05) is 12.7 Å². The Morgan fingerprint density at radius 3 is 2.00 bits per heavy atom. The summed E-state index contributed by atoms with van der Waals surface area (Å²) in [5.41, 5.74) is 2.49. The number of hydrogen-bond acceptors (Lipinski definition) is 2. The minimum Gasteiger partial charge on any atom is -0.479 e. The van der Waals surface area contributed by atoms with Crippen LogP contribution in [0.4, 0.5) is 0 Å². The van der Waals surface area contributed by atoms with Gasteiger partial charge in [0.2, 0.25) is 0 Å². The van der Waals surface area contributed by atoms with Crippen molar-refractivity contribution in [2.75, 3.05) is 7.11 Å². The summed E-state index contributed by atoms with van der Waals surface area (Å²) >= 11 is 0. The highest BCUT2D eigenvalue weighted by Crippen LogP contribution is 2.31. The van der Waals surface area contributed by atoms with E-state index >= 15 is 0 Å². The van der Waals surface area contributed by atoms with Gasteiger partial charge >= 0.3 is 5.97 Å². The Morgan fingerprint density at radius 1 is 1.25 bits per heavy atom. The Labute approximate surface area is 96.1 Å². The first-order valence-corrected chi connectivity index (χ1v) is 5.19. The SMILES string of the molecule is COC(C)(C(=O)O)c1c(C)cc(C)cc1C. The molecule has 0 heterocycles. The van der Waals surface area contributed by atoms with Crippen LogP contribution in [0.3, 0.4) is 0 Å². The zero-order valence-corrected chi connectivity index (χ0v) is 10.4. The quantitative estimate of drug-likeness (QED) is 0.855. The van der Waals surface area contributed by atoms with Crippen molar-refractivity contribution in [1.82, 2.24) is 0 Å². The lowest BCUT2D eigenvalue weighted by atomic mass is 9.87. The van der Waals surface area contributed by atoms with Crippen LogP contribution in [0.2, 0.25) is 0 Å². The van der Waals surface area contributed by atoms with E-state index in [9.17, 15) is 9.90 Å². The third kappa shape index (κ3) is 1.95. The summed E-state index contributed by atoms with van der Waals surface area (Å²) in [4.78, 5) is 11.3. The molecule has 0 fully saturated rings.